The summed E-state index contributed by atoms with van der Waals surface area (Å²) in [6.07, 6.45) is -0.144. The van der Waals surface area contributed by atoms with Gasteiger partial charge in [-0.15, -0.1) is 0 Å². The lowest BCUT2D eigenvalue weighted by atomic mass is 9.73. The highest BCUT2D eigenvalue weighted by molar-refractivity contribution is 6.33. The first-order valence-corrected chi connectivity index (χ1v) is 10.8. The number of aromatic nitrogens is 1. The Morgan fingerprint density at radius 2 is 1.94 bits per heavy atom. The second kappa shape index (κ2) is 8.12. The van der Waals surface area contributed by atoms with Gasteiger partial charge in [-0.3, -0.25) is 9.69 Å². The van der Waals surface area contributed by atoms with Gasteiger partial charge >= 0.3 is 12.2 Å². The summed E-state index contributed by atoms with van der Waals surface area (Å²) < 4.78 is 38.5. The van der Waals surface area contributed by atoms with Crippen LogP contribution in [0.15, 0.2) is 12.3 Å². The molecule has 3 heterocycles. The molecular formula is C20H25ClF3N5O2. The minimum Gasteiger partial charge on any atom is -0.353 e. The molecule has 1 aliphatic carbocycles. The van der Waals surface area contributed by atoms with Crippen molar-refractivity contribution in [1.29, 1.82) is 0 Å². The number of hydrogen-bond acceptors (Lipinski definition) is 5. The first kappa shape index (κ1) is 22.1. The molecule has 1 aromatic rings. The fraction of sp³-hybridized carbons (Fsp3) is 0.650. The second-order valence-corrected chi connectivity index (χ2v) is 8.96. The van der Waals surface area contributed by atoms with Gasteiger partial charge in [0.2, 0.25) is 0 Å². The van der Waals surface area contributed by atoms with E-state index in [0.717, 1.165) is 31.5 Å². The maximum absolute atomic E-state index is 13.1. The van der Waals surface area contributed by atoms with Crippen molar-refractivity contribution >= 4 is 29.4 Å². The van der Waals surface area contributed by atoms with Gasteiger partial charge in [0.25, 0.3) is 5.91 Å². The number of anilines is 1. The molecule has 0 bridgehead atoms. The molecule has 1 N–H and O–H groups in total. The Morgan fingerprint density at radius 1 is 1.23 bits per heavy atom. The minimum absolute atomic E-state index is 0.0504. The van der Waals surface area contributed by atoms with Gasteiger partial charge in [0.1, 0.15) is 11.4 Å². The number of urea groups is 1. The molecule has 170 valence electrons. The van der Waals surface area contributed by atoms with Crippen molar-refractivity contribution in [3.63, 3.8) is 0 Å². The number of rotatable bonds is 3. The molecule has 1 saturated carbocycles. The lowest BCUT2D eigenvalue weighted by Crippen LogP contribution is -2.55. The highest BCUT2D eigenvalue weighted by Crippen LogP contribution is 2.38. The number of halogens is 4. The molecule has 7 nitrogen and oxygen atoms in total. The van der Waals surface area contributed by atoms with Crippen LogP contribution in [0.3, 0.4) is 0 Å². The summed E-state index contributed by atoms with van der Waals surface area (Å²) in [5, 5.41) is 2.90. The number of piperazine rings is 1. The fourth-order valence-corrected chi connectivity index (χ4v) is 5.03. The average Bonchev–Trinajstić information content (AvgIpc) is 2.95. The molecule has 1 aromatic heterocycles. The molecule has 2 aliphatic heterocycles. The Balaban J connectivity index is 1.38. The van der Waals surface area contributed by atoms with Crippen LogP contribution in [0.4, 0.5) is 23.8 Å². The zero-order valence-electron chi connectivity index (χ0n) is 17.2. The molecule has 11 heteroatoms. The molecular weight excluding hydrogens is 435 g/mol. The van der Waals surface area contributed by atoms with E-state index in [2.05, 4.69) is 10.3 Å². The number of carbonyl (C=O) groups is 2. The number of alkyl halides is 3. The Labute approximate surface area is 183 Å². The summed E-state index contributed by atoms with van der Waals surface area (Å²) in [5.74, 6) is 0.256. The van der Waals surface area contributed by atoms with Gasteiger partial charge in [0.15, 0.2) is 0 Å². The molecule has 0 radical (unpaired) electrons. The third-order valence-corrected chi connectivity index (χ3v) is 6.94. The van der Waals surface area contributed by atoms with E-state index in [0.29, 0.717) is 38.4 Å². The summed E-state index contributed by atoms with van der Waals surface area (Å²) >= 11 is 6.05. The number of pyridine rings is 1. The smallest absolute Gasteiger partial charge is 0.353 e. The quantitative estimate of drug-likeness (QED) is 0.702. The van der Waals surface area contributed by atoms with Crippen molar-refractivity contribution in [2.75, 3.05) is 37.7 Å². The van der Waals surface area contributed by atoms with Crippen molar-refractivity contribution in [2.45, 2.75) is 44.3 Å². The van der Waals surface area contributed by atoms with E-state index in [1.165, 1.54) is 4.90 Å². The number of hydrogen-bond donors (Lipinski definition) is 1. The van der Waals surface area contributed by atoms with Crippen molar-refractivity contribution in [1.82, 2.24) is 20.1 Å². The van der Waals surface area contributed by atoms with E-state index in [-0.39, 0.29) is 29.5 Å². The first-order chi connectivity index (χ1) is 14.6. The Hall–Kier alpha value is -2.07. The van der Waals surface area contributed by atoms with E-state index in [1.807, 2.05) is 16.7 Å². The van der Waals surface area contributed by atoms with Crippen LogP contribution in [-0.4, -0.2) is 65.1 Å². The molecule has 3 fully saturated rings. The summed E-state index contributed by atoms with van der Waals surface area (Å²) in [5.41, 5.74) is -1.67. The number of nitrogens with one attached hydrogen (secondary N) is 1. The van der Waals surface area contributed by atoms with Gasteiger partial charge < -0.3 is 10.2 Å². The topological polar surface area (TPSA) is 68.8 Å². The van der Waals surface area contributed by atoms with Crippen molar-refractivity contribution < 1.29 is 22.8 Å². The molecule has 2 unspecified atom stereocenters. The van der Waals surface area contributed by atoms with Crippen LogP contribution in [0.2, 0.25) is 5.02 Å². The van der Waals surface area contributed by atoms with Crippen LogP contribution in [-0.2, 0) is 11.0 Å². The average molecular weight is 460 g/mol. The number of amides is 3. The maximum Gasteiger partial charge on any atom is 0.417 e. The molecule has 0 aromatic carbocycles. The molecule has 2 saturated heterocycles. The standard InChI is InChI=1S/C20H25ClF3N5O2/c1-13-4-2-3-5-19(13)17(30)29(18(31)26-19)12-27-6-8-28(9-7-27)16-15(21)10-14(11-25-16)20(22,23)24/h10-11,13H,2-9,12H2,1H3,(H,26,31). The van der Waals surface area contributed by atoms with Gasteiger partial charge in [-0.25, -0.2) is 14.7 Å². The lowest BCUT2D eigenvalue weighted by molar-refractivity contribution is -0.138. The van der Waals surface area contributed by atoms with Gasteiger partial charge in [0.05, 0.1) is 17.3 Å². The number of imide groups is 1. The lowest BCUT2D eigenvalue weighted by Gasteiger charge is -2.38. The number of carbonyl (C=O) groups excluding carboxylic acids is 2. The minimum atomic E-state index is -4.50. The SMILES string of the molecule is CC1CCCCC12NC(=O)N(CN1CCN(c3ncc(C(F)(F)F)cc3Cl)CC1)C2=O. The molecule has 4 rings (SSSR count). The van der Waals surface area contributed by atoms with Gasteiger partial charge in [-0.05, 0) is 24.8 Å². The van der Waals surface area contributed by atoms with E-state index in [9.17, 15) is 22.8 Å². The van der Waals surface area contributed by atoms with Gasteiger partial charge in [-0.1, -0.05) is 31.4 Å². The molecule has 1 spiro atoms. The third-order valence-electron chi connectivity index (χ3n) is 6.66. The normalized spacial score (nSPS) is 27.8. The highest BCUT2D eigenvalue weighted by Gasteiger charge is 2.55. The third kappa shape index (κ3) is 4.07. The Bertz CT molecular complexity index is 875. The van der Waals surface area contributed by atoms with E-state index >= 15 is 0 Å². The number of nitrogens with zero attached hydrogens (tertiary/aromatic N) is 4. The van der Waals surface area contributed by atoms with Crippen molar-refractivity contribution in [3.05, 3.63) is 22.8 Å². The van der Waals surface area contributed by atoms with Crippen LogP contribution in [0.1, 0.15) is 38.2 Å². The van der Waals surface area contributed by atoms with Crippen LogP contribution in [0.5, 0.6) is 0 Å². The van der Waals surface area contributed by atoms with Crippen LogP contribution < -0.4 is 10.2 Å². The summed E-state index contributed by atoms with van der Waals surface area (Å²) in [7, 11) is 0. The monoisotopic (exact) mass is 459 g/mol. The Morgan fingerprint density at radius 3 is 2.55 bits per heavy atom. The summed E-state index contributed by atoms with van der Waals surface area (Å²) in [6, 6.07) is 0.530. The van der Waals surface area contributed by atoms with Crippen molar-refractivity contribution in [2.24, 2.45) is 5.92 Å². The maximum atomic E-state index is 13.1. The molecule has 31 heavy (non-hydrogen) atoms. The zero-order valence-corrected chi connectivity index (χ0v) is 18.0. The predicted molar refractivity (Wildman–Crippen MR) is 109 cm³/mol. The Kier molecular flexibility index (Phi) is 5.80. The van der Waals surface area contributed by atoms with Crippen LogP contribution >= 0.6 is 11.6 Å². The predicted octanol–water partition coefficient (Wildman–Crippen LogP) is 3.33. The van der Waals surface area contributed by atoms with Gasteiger partial charge in [-0.2, -0.15) is 13.2 Å². The molecule has 3 amide bonds. The van der Waals surface area contributed by atoms with Crippen LogP contribution in [0.25, 0.3) is 0 Å². The molecule has 2 atom stereocenters. The zero-order chi connectivity index (χ0) is 22.4. The molecule has 3 aliphatic rings. The van der Waals surface area contributed by atoms with Crippen LogP contribution in [0, 0.1) is 5.92 Å². The van der Waals surface area contributed by atoms with E-state index < -0.39 is 17.3 Å². The van der Waals surface area contributed by atoms with E-state index in [4.69, 9.17) is 11.6 Å². The van der Waals surface area contributed by atoms with E-state index in [1.54, 1.807) is 0 Å². The summed E-state index contributed by atoms with van der Waals surface area (Å²) in [6.45, 7) is 4.21. The fourth-order valence-electron chi connectivity index (χ4n) is 4.74. The highest BCUT2D eigenvalue weighted by atomic mass is 35.5. The summed E-state index contributed by atoms with van der Waals surface area (Å²) in [4.78, 5) is 34.7. The first-order valence-electron chi connectivity index (χ1n) is 10.5. The van der Waals surface area contributed by atoms with Crippen molar-refractivity contribution in [3.8, 4) is 0 Å². The second-order valence-electron chi connectivity index (χ2n) is 8.56. The van der Waals surface area contributed by atoms with Gasteiger partial charge in [0, 0.05) is 32.4 Å². The largest absolute Gasteiger partial charge is 0.417 e.